The summed E-state index contributed by atoms with van der Waals surface area (Å²) in [7, 11) is 0. The highest BCUT2D eigenvalue weighted by Gasteiger charge is 2.64. The lowest BCUT2D eigenvalue weighted by Crippen LogP contribution is -2.33. The molecule has 0 radical (unpaired) electrons. The average Bonchev–Trinajstić information content (AvgIpc) is 3.75. The third-order valence-electron chi connectivity index (χ3n) is 9.40. The van der Waals surface area contributed by atoms with Gasteiger partial charge in [0.2, 0.25) is 11.8 Å². The Labute approximate surface area is 263 Å². The summed E-state index contributed by atoms with van der Waals surface area (Å²) in [6.45, 7) is -0.485. The van der Waals surface area contributed by atoms with Crippen LogP contribution in [0.1, 0.15) is 45.0 Å². The molecule has 46 heavy (non-hydrogen) atoms. The van der Waals surface area contributed by atoms with Gasteiger partial charge in [0.15, 0.2) is 12.4 Å². The predicted octanol–water partition coefficient (Wildman–Crippen LogP) is 6.36. The molecule has 2 saturated carbocycles. The van der Waals surface area contributed by atoms with Crippen LogP contribution in [0.3, 0.4) is 0 Å². The fourth-order valence-electron chi connectivity index (χ4n) is 7.32. The van der Waals surface area contributed by atoms with Crippen LogP contribution in [0.5, 0.6) is 11.5 Å². The lowest BCUT2D eigenvalue weighted by molar-refractivity contribution is -0.384. The fraction of sp³-hybridized carbons (Fsp3) is 0.222. The molecule has 0 spiro atoms. The number of ether oxygens (including phenoxy) is 2. The van der Waals surface area contributed by atoms with E-state index in [0.29, 0.717) is 22.7 Å². The van der Waals surface area contributed by atoms with Gasteiger partial charge < -0.3 is 9.47 Å². The summed E-state index contributed by atoms with van der Waals surface area (Å²) < 4.78 is 10.9. The molecular formula is C36H28N2O8. The van der Waals surface area contributed by atoms with E-state index in [4.69, 9.17) is 9.47 Å². The first-order valence-electron chi connectivity index (χ1n) is 15.0. The Morgan fingerprint density at radius 3 is 2.02 bits per heavy atom. The lowest BCUT2D eigenvalue weighted by atomic mass is 9.73. The minimum absolute atomic E-state index is 0.0540. The molecule has 2 amide bonds. The highest BCUT2D eigenvalue weighted by molar-refractivity contribution is 6.22. The Morgan fingerprint density at radius 1 is 0.761 bits per heavy atom. The van der Waals surface area contributed by atoms with Gasteiger partial charge in [-0.1, -0.05) is 30.3 Å². The number of nitro benzene ring substituents is 1. The summed E-state index contributed by atoms with van der Waals surface area (Å²) in [6, 6.07) is 28.1. The van der Waals surface area contributed by atoms with Crippen LogP contribution in [0.15, 0.2) is 103 Å². The van der Waals surface area contributed by atoms with E-state index in [-0.39, 0.29) is 52.7 Å². The molecule has 2 bridgehead atoms. The summed E-state index contributed by atoms with van der Waals surface area (Å²) >= 11 is 0. The van der Waals surface area contributed by atoms with Crippen molar-refractivity contribution in [1.29, 1.82) is 0 Å². The quantitative estimate of drug-likeness (QED) is 0.0698. The molecule has 3 fully saturated rings. The first-order chi connectivity index (χ1) is 22.3. The second kappa shape index (κ2) is 11.7. The zero-order valence-corrected chi connectivity index (χ0v) is 24.5. The van der Waals surface area contributed by atoms with Gasteiger partial charge in [-0.2, -0.15) is 0 Å². The van der Waals surface area contributed by atoms with Gasteiger partial charge >= 0.3 is 5.97 Å². The SMILES string of the molecule is O=C(COC(=O)c1ccc(N2C(=O)[C@@H]3[C@@H]4C[C@@H]([C@H]3C2=O)[C@H](c2ccccc2)C4)cc1)c1ccc(Oc2ccc([N+](=O)[O-])cc2)cc1. The van der Waals surface area contributed by atoms with Crippen LogP contribution in [0, 0.1) is 33.8 Å². The molecule has 1 heterocycles. The number of carbonyl (C=O) groups excluding carboxylic acids is 4. The van der Waals surface area contributed by atoms with Crippen LogP contribution in [-0.4, -0.2) is 35.1 Å². The highest BCUT2D eigenvalue weighted by Crippen LogP contribution is 2.61. The maximum atomic E-state index is 13.6. The van der Waals surface area contributed by atoms with E-state index in [1.807, 2.05) is 18.2 Å². The Kier molecular flexibility index (Phi) is 7.40. The van der Waals surface area contributed by atoms with Crippen molar-refractivity contribution in [2.75, 3.05) is 11.5 Å². The van der Waals surface area contributed by atoms with E-state index >= 15 is 0 Å². The minimum Gasteiger partial charge on any atom is -0.457 e. The molecule has 7 rings (SSSR count). The molecule has 3 aliphatic rings. The van der Waals surface area contributed by atoms with Crippen molar-refractivity contribution in [2.24, 2.45) is 23.7 Å². The van der Waals surface area contributed by atoms with Crippen molar-refractivity contribution >= 4 is 34.9 Å². The van der Waals surface area contributed by atoms with Crippen LogP contribution in [0.4, 0.5) is 11.4 Å². The van der Waals surface area contributed by atoms with Gasteiger partial charge in [0.05, 0.1) is 28.0 Å². The Hall–Kier alpha value is -5.64. The second-order valence-electron chi connectivity index (χ2n) is 11.9. The molecule has 10 nitrogen and oxygen atoms in total. The third-order valence-corrected chi connectivity index (χ3v) is 9.40. The van der Waals surface area contributed by atoms with Gasteiger partial charge in [-0.15, -0.1) is 0 Å². The Morgan fingerprint density at radius 2 is 1.37 bits per heavy atom. The van der Waals surface area contributed by atoms with Crippen LogP contribution < -0.4 is 9.64 Å². The zero-order valence-electron chi connectivity index (χ0n) is 24.5. The summed E-state index contributed by atoms with van der Waals surface area (Å²) in [6.07, 6.45) is 1.80. The number of esters is 1. The van der Waals surface area contributed by atoms with Crippen molar-refractivity contribution in [1.82, 2.24) is 0 Å². The van der Waals surface area contributed by atoms with Crippen LogP contribution >= 0.6 is 0 Å². The molecule has 1 saturated heterocycles. The van der Waals surface area contributed by atoms with Crippen LogP contribution in [-0.2, 0) is 14.3 Å². The maximum absolute atomic E-state index is 13.6. The molecule has 4 aromatic rings. The van der Waals surface area contributed by atoms with E-state index in [1.54, 1.807) is 24.3 Å². The average molecular weight is 617 g/mol. The van der Waals surface area contributed by atoms with Gasteiger partial charge in [-0.25, -0.2) is 4.79 Å². The number of nitro groups is 1. The predicted molar refractivity (Wildman–Crippen MR) is 166 cm³/mol. The first kappa shape index (κ1) is 29.1. The van der Waals surface area contributed by atoms with E-state index in [9.17, 15) is 29.3 Å². The number of hydrogen-bond acceptors (Lipinski definition) is 8. The van der Waals surface area contributed by atoms with E-state index < -0.39 is 23.3 Å². The smallest absolute Gasteiger partial charge is 0.338 e. The molecule has 2 aliphatic carbocycles. The van der Waals surface area contributed by atoms with Gasteiger partial charge in [-0.05, 0) is 96.8 Å². The molecule has 4 aromatic carbocycles. The fourth-order valence-corrected chi connectivity index (χ4v) is 7.32. The van der Waals surface area contributed by atoms with Gasteiger partial charge in [0.1, 0.15) is 11.5 Å². The normalized spacial score (nSPS) is 22.9. The largest absolute Gasteiger partial charge is 0.457 e. The summed E-state index contributed by atoms with van der Waals surface area (Å²) in [4.78, 5) is 64.0. The van der Waals surface area contributed by atoms with Gasteiger partial charge in [0.25, 0.3) is 5.69 Å². The van der Waals surface area contributed by atoms with Crippen molar-refractivity contribution in [2.45, 2.75) is 18.8 Å². The topological polar surface area (TPSA) is 133 Å². The minimum atomic E-state index is -0.710. The van der Waals surface area contributed by atoms with Gasteiger partial charge in [0, 0.05) is 17.7 Å². The number of imide groups is 1. The van der Waals surface area contributed by atoms with E-state index in [0.717, 1.165) is 12.8 Å². The maximum Gasteiger partial charge on any atom is 0.338 e. The molecule has 1 aliphatic heterocycles. The number of carbonyl (C=O) groups is 4. The van der Waals surface area contributed by atoms with Gasteiger partial charge in [-0.3, -0.25) is 29.4 Å². The lowest BCUT2D eigenvalue weighted by Gasteiger charge is -2.28. The number of benzene rings is 4. The number of non-ortho nitro benzene ring substituents is 1. The van der Waals surface area contributed by atoms with E-state index in [2.05, 4.69) is 12.1 Å². The molecule has 230 valence electrons. The number of Topliss-reactive ketones (excluding diaryl/α,β-unsaturated/α-hetero) is 1. The van der Waals surface area contributed by atoms with Crippen LogP contribution in [0.2, 0.25) is 0 Å². The number of ketones is 1. The molecule has 0 unspecified atom stereocenters. The molecule has 5 atom stereocenters. The Balaban J connectivity index is 0.947. The Bertz CT molecular complexity index is 1840. The highest BCUT2D eigenvalue weighted by atomic mass is 16.6. The molecule has 0 N–H and O–H groups in total. The number of anilines is 1. The van der Waals surface area contributed by atoms with Crippen molar-refractivity contribution in [3.05, 3.63) is 130 Å². The first-order valence-corrected chi connectivity index (χ1v) is 15.0. The summed E-state index contributed by atoms with van der Waals surface area (Å²) in [5.41, 5.74) is 2.08. The number of fused-ring (bicyclic) bond motifs is 5. The second-order valence-corrected chi connectivity index (χ2v) is 11.9. The van der Waals surface area contributed by atoms with Crippen molar-refractivity contribution in [3.63, 3.8) is 0 Å². The van der Waals surface area contributed by atoms with Crippen molar-refractivity contribution < 1.29 is 33.6 Å². The van der Waals surface area contributed by atoms with Crippen molar-refractivity contribution in [3.8, 4) is 11.5 Å². The molecule has 10 heteroatoms. The zero-order chi connectivity index (χ0) is 31.9. The van der Waals surface area contributed by atoms with E-state index in [1.165, 1.54) is 59.0 Å². The number of amides is 2. The van der Waals surface area contributed by atoms with Crippen LogP contribution in [0.25, 0.3) is 0 Å². The standard InChI is InChI=1S/C36H28N2O8/c39-31(22-8-14-27(15-9-22)46-28-16-12-26(13-17-28)38(43)44)20-45-36(42)23-6-10-25(11-7-23)37-34(40)32-24-18-29(21-4-2-1-3-5-21)30(19-24)33(32)35(37)41/h1-17,24,29-30,32-33H,18-20H2/t24-,29-,30+,32+,33+/m0/s1. The number of hydrogen-bond donors (Lipinski definition) is 0. The third kappa shape index (κ3) is 5.21. The summed E-state index contributed by atoms with van der Waals surface area (Å²) in [5, 5.41) is 10.8. The summed E-state index contributed by atoms with van der Waals surface area (Å²) in [5.74, 6) is -0.667. The molecule has 0 aromatic heterocycles. The number of rotatable bonds is 9. The monoisotopic (exact) mass is 616 g/mol. The number of nitrogens with zero attached hydrogens (tertiary/aromatic N) is 2. The molecular weight excluding hydrogens is 588 g/mol.